The van der Waals surface area contributed by atoms with Crippen LogP contribution in [0.25, 0.3) is 16.2 Å². The quantitative estimate of drug-likeness (QED) is 0.0620. The van der Waals surface area contributed by atoms with Gasteiger partial charge in [0.25, 0.3) is 10.8 Å². The molecule has 0 aliphatic heterocycles. The number of nitrogens with zero attached hydrogens (tertiary/aromatic N) is 5. The highest BCUT2D eigenvalue weighted by atomic mass is 32.2. The summed E-state index contributed by atoms with van der Waals surface area (Å²) in [5, 5.41) is 39.7. The van der Waals surface area contributed by atoms with E-state index in [1.54, 1.807) is 36.4 Å². The second-order valence-corrected chi connectivity index (χ2v) is 11.2. The molecule has 14 heteroatoms. The Morgan fingerprint density at radius 2 is 1.34 bits per heavy atom. The van der Waals surface area contributed by atoms with Crippen LogP contribution in [0.5, 0.6) is 17.2 Å². The van der Waals surface area contributed by atoms with Crippen LogP contribution >= 0.6 is 0 Å². The average Bonchev–Trinajstić information content (AvgIpc) is 3.00. The van der Waals surface area contributed by atoms with Crippen molar-refractivity contribution in [1.82, 2.24) is 0 Å². The summed E-state index contributed by atoms with van der Waals surface area (Å²) in [5.41, 5.74) is 5.31. The van der Waals surface area contributed by atoms with Crippen LogP contribution < -0.4 is 25.8 Å². The molecule has 3 N–H and O–H groups in total. The van der Waals surface area contributed by atoms with Gasteiger partial charge in [-0.25, -0.2) is 0 Å². The molecule has 0 bridgehead atoms. The lowest BCUT2D eigenvalue weighted by Crippen LogP contribution is -2.45. The summed E-state index contributed by atoms with van der Waals surface area (Å²) in [6, 6.07) is 22.9. The number of phenols is 2. The Balaban J connectivity index is 1.66. The lowest BCUT2D eigenvalue weighted by molar-refractivity contribution is 0.474. The Hall–Kier alpha value is -6.07. The number of hydrogen-bond donors (Lipinski definition) is 3. The van der Waals surface area contributed by atoms with Crippen LogP contribution in [0.1, 0.15) is 23.6 Å². The van der Waals surface area contributed by atoms with E-state index in [1.165, 1.54) is 54.6 Å². The fourth-order valence-corrected chi connectivity index (χ4v) is 6.32. The maximum atomic E-state index is 13.7. The van der Waals surface area contributed by atoms with Gasteiger partial charge in [-0.3, -0.25) is 9.59 Å². The van der Waals surface area contributed by atoms with Crippen LogP contribution in [0, 0.1) is 10.9 Å². The average molecular weight is 610 g/mol. The molecule has 0 saturated carbocycles. The number of phenolic OH excluding ortho intramolecular Hbond substituents is 2. The number of benzene rings is 5. The highest BCUT2D eigenvalue weighted by Crippen LogP contribution is 2.40. The standard InChI is InChI=1S/C30H20N6O7S/c1-30(17-5-11-20(37)12-6-17,18-7-13-21(38)14-8-18)19-9-15-22(16-10-19)43-44(41,42)29-25-23(3-2-4-24(25)33-35-31)27(39)28(40)26(29)34-36-32/h2-16,31H,1H3,(H-,37,38)/p+1. The zero-order chi connectivity index (χ0) is 31.6. The molecule has 5 rings (SSSR count). The van der Waals surface area contributed by atoms with Crippen molar-refractivity contribution in [2.24, 2.45) is 15.4 Å². The molecule has 0 atom stereocenters. The van der Waals surface area contributed by atoms with E-state index in [4.69, 9.17) is 15.1 Å². The van der Waals surface area contributed by atoms with Crippen molar-refractivity contribution >= 4 is 10.1 Å². The molecular weight excluding hydrogens is 588 g/mol. The summed E-state index contributed by atoms with van der Waals surface area (Å²) in [7, 11) is -4.96. The number of rotatable bonds is 7. The second kappa shape index (κ2) is 11.3. The topological polar surface area (TPSA) is 207 Å². The molecule has 0 fully saturated rings. The SMILES string of the molecule is CC(c1ccc(O)cc1)(c1ccc(O)cc1)c1ccc(OS(=O)(=O)c2c3c(=NN=N)cccc-3c(=O)c(=O)c2=N[N+]#N)cc1. The van der Waals surface area contributed by atoms with E-state index in [1.807, 2.05) is 6.92 Å². The molecule has 0 heterocycles. The first-order chi connectivity index (χ1) is 21.0. The Kier molecular flexibility index (Phi) is 7.56. The minimum absolute atomic E-state index is 0.0713. The molecule has 3 aromatic rings. The summed E-state index contributed by atoms with van der Waals surface area (Å²) in [6.45, 7) is 1.92. The van der Waals surface area contributed by atoms with Gasteiger partial charge in [0.2, 0.25) is 10.8 Å². The van der Waals surface area contributed by atoms with E-state index < -0.39 is 36.6 Å². The van der Waals surface area contributed by atoms with E-state index in [9.17, 15) is 28.2 Å². The van der Waals surface area contributed by atoms with Gasteiger partial charge in [0.15, 0.2) is 10.00 Å². The van der Waals surface area contributed by atoms with Crippen LogP contribution in [0.2, 0.25) is 0 Å². The molecule has 218 valence electrons. The van der Waals surface area contributed by atoms with Crippen LogP contribution in [-0.4, -0.2) is 18.6 Å². The van der Waals surface area contributed by atoms with E-state index in [0.717, 1.165) is 11.1 Å². The van der Waals surface area contributed by atoms with Crippen LogP contribution in [0.3, 0.4) is 0 Å². The van der Waals surface area contributed by atoms with Gasteiger partial charge in [0, 0.05) is 16.5 Å². The van der Waals surface area contributed by atoms with E-state index in [-0.39, 0.29) is 33.7 Å². The highest BCUT2D eigenvalue weighted by molar-refractivity contribution is 7.87. The van der Waals surface area contributed by atoms with Crippen LogP contribution in [0.4, 0.5) is 0 Å². The third-order valence-corrected chi connectivity index (χ3v) is 8.54. The molecule has 2 aliphatic rings. The van der Waals surface area contributed by atoms with Gasteiger partial charge >= 0.3 is 15.2 Å². The van der Waals surface area contributed by atoms with E-state index >= 15 is 0 Å². The third-order valence-electron chi connectivity index (χ3n) is 7.23. The first-order valence-electron chi connectivity index (χ1n) is 12.7. The molecule has 0 aromatic heterocycles. The summed E-state index contributed by atoms with van der Waals surface area (Å²) < 4.78 is 32.8. The Bertz CT molecular complexity index is 2210. The van der Waals surface area contributed by atoms with Gasteiger partial charge in [-0.2, -0.15) is 13.9 Å². The number of nitrogens with one attached hydrogen (secondary N) is 1. The maximum Gasteiger partial charge on any atom is 0.342 e. The molecule has 0 spiro atoms. The normalized spacial score (nSPS) is 12.6. The van der Waals surface area contributed by atoms with Gasteiger partial charge in [-0.1, -0.05) is 53.8 Å². The smallest absolute Gasteiger partial charge is 0.342 e. The molecule has 0 radical (unpaired) electrons. The van der Waals surface area contributed by atoms with E-state index in [0.29, 0.717) is 5.56 Å². The molecule has 2 aliphatic carbocycles. The fourth-order valence-electron chi connectivity index (χ4n) is 5.04. The largest absolute Gasteiger partial charge is 0.508 e. The van der Waals surface area contributed by atoms with Crippen molar-refractivity contribution in [3.63, 3.8) is 0 Å². The molecule has 0 saturated heterocycles. The predicted octanol–water partition coefficient (Wildman–Crippen LogP) is 3.44. The van der Waals surface area contributed by atoms with Gasteiger partial charge in [0.1, 0.15) is 17.2 Å². The van der Waals surface area contributed by atoms with Crippen LogP contribution in [0.15, 0.2) is 121 Å². The first-order valence-corrected chi connectivity index (χ1v) is 14.2. The van der Waals surface area contributed by atoms with Crippen molar-refractivity contribution in [3.8, 4) is 28.4 Å². The van der Waals surface area contributed by atoms with Crippen LogP contribution in [-0.2, 0) is 15.5 Å². The van der Waals surface area contributed by atoms with Crippen molar-refractivity contribution in [2.45, 2.75) is 17.2 Å². The predicted molar refractivity (Wildman–Crippen MR) is 155 cm³/mol. The maximum absolute atomic E-state index is 13.7. The van der Waals surface area contributed by atoms with Gasteiger partial charge < -0.3 is 14.4 Å². The van der Waals surface area contributed by atoms with Crippen molar-refractivity contribution in [1.29, 1.82) is 10.9 Å². The summed E-state index contributed by atoms with van der Waals surface area (Å²) in [4.78, 5) is 24.7. The molecule has 3 aromatic carbocycles. The fraction of sp³-hybridized carbons (Fsp3) is 0.0667. The highest BCUT2D eigenvalue weighted by Gasteiger charge is 2.34. The number of aromatic hydroxyl groups is 2. The minimum Gasteiger partial charge on any atom is -0.508 e. The Morgan fingerprint density at radius 3 is 1.84 bits per heavy atom. The second-order valence-electron chi connectivity index (χ2n) is 9.71. The molecule has 0 amide bonds. The monoisotopic (exact) mass is 609 g/mol. The lowest BCUT2D eigenvalue weighted by Gasteiger charge is -2.32. The lowest BCUT2D eigenvalue weighted by atomic mass is 9.71. The molecule has 13 nitrogen and oxygen atoms in total. The number of diazo groups is 1. The van der Waals surface area contributed by atoms with Crippen molar-refractivity contribution in [3.05, 3.63) is 144 Å². The molecule has 0 unspecified atom stereocenters. The zero-order valence-corrected chi connectivity index (χ0v) is 23.6. The Labute approximate surface area is 248 Å². The van der Waals surface area contributed by atoms with Crippen molar-refractivity contribution in [2.75, 3.05) is 0 Å². The van der Waals surface area contributed by atoms with E-state index in [2.05, 4.69) is 20.5 Å². The summed E-state index contributed by atoms with van der Waals surface area (Å²) in [6.07, 6.45) is 0. The van der Waals surface area contributed by atoms with Gasteiger partial charge in [-0.05, 0) is 66.1 Å². The number of hydrogen-bond acceptors (Lipinski definition) is 11. The number of fused-ring (bicyclic) bond motifs is 1. The van der Waals surface area contributed by atoms with Gasteiger partial charge in [0.05, 0.1) is 5.36 Å². The minimum atomic E-state index is -4.96. The van der Waals surface area contributed by atoms with Gasteiger partial charge in [-0.15, -0.1) is 5.10 Å². The summed E-state index contributed by atoms with van der Waals surface area (Å²) in [5.74, 6) is -0.0326. The summed E-state index contributed by atoms with van der Waals surface area (Å²) >= 11 is 0. The first kappa shape index (κ1) is 29.4. The Morgan fingerprint density at radius 1 is 0.818 bits per heavy atom. The van der Waals surface area contributed by atoms with Crippen molar-refractivity contribution < 1.29 is 22.8 Å². The molecular formula is C30H21N6O7S+. The zero-order valence-electron chi connectivity index (χ0n) is 22.7. The third kappa shape index (κ3) is 5.08. The molecule has 44 heavy (non-hydrogen) atoms.